The molecule has 1 atom stereocenters. The Morgan fingerprint density at radius 3 is 2.67 bits per heavy atom. The van der Waals surface area contributed by atoms with Crippen LogP contribution < -0.4 is 0 Å². The molecule has 6 heteroatoms. The SMILES string of the molecule is CC1(C(=O)O)CCCN1C(=O)C=Cc1ccc(Cl)c(Cl)c1. The number of carbonyl (C=O) groups excluding carboxylic acids is 1. The lowest BCUT2D eigenvalue weighted by atomic mass is 9.99. The smallest absolute Gasteiger partial charge is 0.329 e. The summed E-state index contributed by atoms with van der Waals surface area (Å²) in [6, 6.07) is 5.03. The summed E-state index contributed by atoms with van der Waals surface area (Å²) in [5, 5.41) is 10.1. The fourth-order valence-corrected chi connectivity index (χ4v) is 2.72. The Bertz CT molecular complexity index is 615. The molecule has 1 aliphatic rings. The van der Waals surface area contributed by atoms with Crippen molar-refractivity contribution in [2.45, 2.75) is 25.3 Å². The van der Waals surface area contributed by atoms with Gasteiger partial charge in [0.25, 0.3) is 0 Å². The van der Waals surface area contributed by atoms with Gasteiger partial charge in [-0.05, 0) is 43.5 Å². The van der Waals surface area contributed by atoms with Crippen molar-refractivity contribution in [3.63, 3.8) is 0 Å². The molecule has 0 spiro atoms. The maximum Gasteiger partial charge on any atom is 0.329 e. The molecule has 0 aromatic heterocycles. The number of nitrogens with zero attached hydrogens (tertiary/aromatic N) is 1. The van der Waals surface area contributed by atoms with Crippen LogP contribution in [0.4, 0.5) is 0 Å². The number of halogens is 2. The van der Waals surface area contributed by atoms with Crippen LogP contribution in [0.1, 0.15) is 25.3 Å². The highest BCUT2D eigenvalue weighted by molar-refractivity contribution is 6.42. The first-order valence-electron chi connectivity index (χ1n) is 6.53. The zero-order chi connectivity index (χ0) is 15.6. The van der Waals surface area contributed by atoms with Gasteiger partial charge >= 0.3 is 5.97 Å². The van der Waals surface area contributed by atoms with Gasteiger partial charge in [-0.1, -0.05) is 29.3 Å². The predicted octanol–water partition coefficient (Wildman–Crippen LogP) is 3.47. The van der Waals surface area contributed by atoms with Gasteiger partial charge in [0.2, 0.25) is 5.91 Å². The first-order chi connectivity index (χ1) is 9.84. The molecular weight excluding hydrogens is 313 g/mol. The zero-order valence-corrected chi connectivity index (χ0v) is 13.0. The minimum Gasteiger partial charge on any atom is -0.480 e. The maximum atomic E-state index is 12.2. The van der Waals surface area contributed by atoms with E-state index in [0.29, 0.717) is 29.4 Å². The summed E-state index contributed by atoms with van der Waals surface area (Å²) in [7, 11) is 0. The zero-order valence-electron chi connectivity index (χ0n) is 11.5. The minimum atomic E-state index is -1.13. The third-order valence-corrected chi connectivity index (χ3v) is 4.47. The van der Waals surface area contributed by atoms with E-state index >= 15 is 0 Å². The summed E-state index contributed by atoms with van der Waals surface area (Å²) >= 11 is 11.7. The molecule has 21 heavy (non-hydrogen) atoms. The van der Waals surface area contributed by atoms with Crippen molar-refractivity contribution in [1.29, 1.82) is 0 Å². The van der Waals surface area contributed by atoms with Crippen molar-refractivity contribution in [3.05, 3.63) is 39.9 Å². The molecule has 1 aromatic rings. The van der Waals surface area contributed by atoms with Gasteiger partial charge in [0.15, 0.2) is 0 Å². The Morgan fingerprint density at radius 1 is 1.33 bits per heavy atom. The number of hydrogen-bond acceptors (Lipinski definition) is 2. The van der Waals surface area contributed by atoms with E-state index < -0.39 is 11.5 Å². The van der Waals surface area contributed by atoms with Crippen LogP contribution in [0.5, 0.6) is 0 Å². The number of amides is 1. The van der Waals surface area contributed by atoms with Gasteiger partial charge < -0.3 is 10.0 Å². The Hall–Kier alpha value is -1.52. The predicted molar refractivity (Wildman–Crippen MR) is 82.5 cm³/mol. The third-order valence-electron chi connectivity index (χ3n) is 3.73. The molecule has 1 heterocycles. The van der Waals surface area contributed by atoms with Crippen LogP contribution in [-0.4, -0.2) is 34.0 Å². The van der Waals surface area contributed by atoms with Crippen LogP contribution in [0.25, 0.3) is 6.08 Å². The monoisotopic (exact) mass is 327 g/mol. The van der Waals surface area contributed by atoms with Crippen molar-refractivity contribution in [3.8, 4) is 0 Å². The topological polar surface area (TPSA) is 57.6 Å². The molecule has 0 bridgehead atoms. The second-order valence-electron chi connectivity index (χ2n) is 5.18. The number of likely N-dealkylation sites (tertiary alicyclic amines) is 1. The van der Waals surface area contributed by atoms with Gasteiger partial charge in [0.05, 0.1) is 10.0 Å². The molecule has 4 nitrogen and oxygen atoms in total. The molecule has 0 saturated carbocycles. The lowest BCUT2D eigenvalue weighted by Crippen LogP contribution is -2.50. The summed E-state index contributed by atoms with van der Waals surface area (Å²) in [4.78, 5) is 24.9. The van der Waals surface area contributed by atoms with E-state index in [1.807, 2.05) is 0 Å². The van der Waals surface area contributed by atoms with Gasteiger partial charge in [-0.2, -0.15) is 0 Å². The van der Waals surface area contributed by atoms with Crippen LogP contribution >= 0.6 is 23.2 Å². The molecular formula is C15H15Cl2NO3. The highest BCUT2D eigenvalue weighted by atomic mass is 35.5. The van der Waals surface area contributed by atoms with E-state index in [0.717, 1.165) is 5.56 Å². The number of rotatable bonds is 3. The molecule has 1 fully saturated rings. The number of carboxylic acids is 1. The molecule has 0 aliphatic carbocycles. The summed E-state index contributed by atoms with van der Waals surface area (Å²) < 4.78 is 0. The minimum absolute atomic E-state index is 0.316. The van der Waals surface area contributed by atoms with Crippen molar-refractivity contribution < 1.29 is 14.7 Å². The van der Waals surface area contributed by atoms with Gasteiger partial charge in [-0.15, -0.1) is 0 Å². The number of carbonyl (C=O) groups is 2. The van der Waals surface area contributed by atoms with E-state index in [2.05, 4.69) is 0 Å². The molecule has 1 aromatic carbocycles. The van der Waals surface area contributed by atoms with Crippen LogP contribution in [0.2, 0.25) is 10.0 Å². The lowest BCUT2D eigenvalue weighted by molar-refractivity contribution is -0.153. The van der Waals surface area contributed by atoms with E-state index in [9.17, 15) is 14.7 Å². The summed E-state index contributed by atoms with van der Waals surface area (Å²) in [5.74, 6) is -1.29. The van der Waals surface area contributed by atoms with Gasteiger partial charge in [-0.25, -0.2) is 4.79 Å². The fourth-order valence-electron chi connectivity index (χ4n) is 2.41. The summed E-state index contributed by atoms with van der Waals surface area (Å²) in [5.41, 5.74) is -0.395. The third kappa shape index (κ3) is 3.22. The van der Waals surface area contributed by atoms with Crippen LogP contribution in [0, 0.1) is 0 Å². The Balaban J connectivity index is 2.15. The molecule has 0 radical (unpaired) electrons. The van der Waals surface area contributed by atoms with Crippen molar-refractivity contribution in [1.82, 2.24) is 4.90 Å². The molecule has 112 valence electrons. The maximum absolute atomic E-state index is 12.2. The highest BCUT2D eigenvalue weighted by Gasteiger charge is 2.45. The quantitative estimate of drug-likeness (QED) is 0.865. The average molecular weight is 328 g/mol. The number of aliphatic carboxylic acids is 1. The van der Waals surface area contributed by atoms with Gasteiger partial charge in [0.1, 0.15) is 5.54 Å². The van der Waals surface area contributed by atoms with Crippen LogP contribution in [0.15, 0.2) is 24.3 Å². The van der Waals surface area contributed by atoms with Crippen LogP contribution in [-0.2, 0) is 9.59 Å². The Morgan fingerprint density at radius 2 is 2.05 bits per heavy atom. The summed E-state index contributed by atoms with van der Waals surface area (Å²) in [6.45, 7) is 2.03. The number of carboxylic acid groups (broad SMARTS) is 1. The first-order valence-corrected chi connectivity index (χ1v) is 7.28. The van der Waals surface area contributed by atoms with E-state index in [4.69, 9.17) is 23.2 Å². The van der Waals surface area contributed by atoms with Gasteiger partial charge in [-0.3, -0.25) is 4.79 Å². The van der Waals surface area contributed by atoms with Gasteiger partial charge in [0, 0.05) is 12.6 Å². The van der Waals surface area contributed by atoms with Crippen LogP contribution in [0.3, 0.4) is 0 Å². The lowest BCUT2D eigenvalue weighted by Gasteiger charge is -2.30. The molecule has 1 amide bonds. The Labute approximate surface area is 133 Å². The standard InChI is InChI=1S/C15H15Cl2NO3/c1-15(14(20)21)7-2-8-18(15)13(19)6-4-10-3-5-11(16)12(17)9-10/h3-6,9H,2,7-8H2,1H3,(H,20,21). The largest absolute Gasteiger partial charge is 0.480 e. The second kappa shape index (κ2) is 6.08. The van der Waals surface area contributed by atoms with Crippen molar-refractivity contribution in [2.75, 3.05) is 6.54 Å². The normalized spacial score (nSPS) is 22.0. The van der Waals surface area contributed by atoms with E-state index in [1.165, 1.54) is 11.0 Å². The molecule has 1 saturated heterocycles. The molecule has 1 N–H and O–H groups in total. The fraction of sp³-hybridized carbons (Fsp3) is 0.333. The highest BCUT2D eigenvalue weighted by Crippen LogP contribution is 2.29. The summed E-state index contributed by atoms with van der Waals surface area (Å²) in [6.07, 6.45) is 4.13. The van der Waals surface area contributed by atoms with Crippen molar-refractivity contribution >= 4 is 41.2 Å². The number of hydrogen-bond donors (Lipinski definition) is 1. The number of benzene rings is 1. The Kier molecular flexibility index (Phi) is 4.59. The van der Waals surface area contributed by atoms with E-state index in [-0.39, 0.29) is 5.91 Å². The molecule has 1 aliphatic heterocycles. The van der Waals surface area contributed by atoms with Crippen molar-refractivity contribution in [2.24, 2.45) is 0 Å². The first kappa shape index (κ1) is 15.9. The average Bonchev–Trinajstić information content (AvgIpc) is 2.83. The second-order valence-corrected chi connectivity index (χ2v) is 5.99. The van der Waals surface area contributed by atoms with E-state index in [1.54, 1.807) is 31.2 Å². The molecule has 1 unspecified atom stereocenters. The molecule has 2 rings (SSSR count).